The van der Waals surface area contributed by atoms with E-state index in [2.05, 4.69) is 21.2 Å². The standard InChI is InChI=1S/C15H14BrClFN/c1-19-15(8-10-4-2-3-5-13(10)17)12-9-11(16)6-7-14(12)18/h2-7,9,15,19H,8H2,1H3. The van der Waals surface area contributed by atoms with E-state index in [1.807, 2.05) is 31.3 Å². The summed E-state index contributed by atoms with van der Waals surface area (Å²) in [5.41, 5.74) is 1.64. The van der Waals surface area contributed by atoms with Gasteiger partial charge in [0.05, 0.1) is 0 Å². The predicted octanol–water partition coefficient (Wildman–Crippen LogP) is 4.74. The topological polar surface area (TPSA) is 12.0 Å². The number of rotatable bonds is 4. The van der Waals surface area contributed by atoms with Crippen LogP contribution in [0.1, 0.15) is 17.2 Å². The van der Waals surface area contributed by atoms with Crippen molar-refractivity contribution in [1.82, 2.24) is 5.32 Å². The summed E-state index contributed by atoms with van der Waals surface area (Å²) in [6, 6.07) is 12.5. The summed E-state index contributed by atoms with van der Waals surface area (Å²) in [4.78, 5) is 0. The van der Waals surface area contributed by atoms with Crippen LogP contribution in [-0.4, -0.2) is 7.05 Å². The highest BCUT2D eigenvalue weighted by Gasteiger charge is 2.16. The summed E-state index contributed by atoms with van der Waals surface area (Å²) in [6.45, 7) is 0. The van der Waals surface area contributed by atoms with Crippen LogP contribution >= 0.6 is 27.5 Å². The smallest absolute Gasteiger partial charge is 0.128 e. The second kappa shape index (κ2) is 6.51. The van der Waals surface area contributed by atoms with Crippen LogP contribution in [-0.2, 0) is 6.42 Å². The van der Waals surface area contributed by atoms with Gasteiger partial charge in [0.2, 0.25) is 0 Å². The summed E-state index contributed by atoms with van der Waals surface area (Å²) in [5.74, 6) is -0.213. The van der Waals surface area contributed by atoms with Gasteiger partial charge in [-0.3, -0.25) is 0 Å². The molecule has 0 aliphatic rings. The molecular formula is C15H14BrClFN. The Labute approximate surface area is 125 Å². The number of hydrogen-bond donors (Lipinski definition) is 1. The summed E-state index contributed by atoms with van der Waals surface area (Å²) < 4.78 is 14.8. The number of likely N-dealkylation sites (N-methyl/N-ethyl adjacent to an activating group) is 1. The molecule has 2 rings (SSSR count). The molecule has 100 valence electrons. The van der Waals surface area contributed by atoms with E-state index in [4.69, 9.17) is 11.6 Å². The zero-order valence-electron chi connectivity index (χ0n) is 10.5. The van der Waals surface area contributed by atoms with Crippen LogP contribution in [0.25, 0.3) is 0 Å². The monoisotopic (exact) mass is 341 g/mol. The van der Waals surface area contributed by atoms with Crippen molar-refractivity contribution in [1.29, 1.82) is 0 Å². The van der Waals surface area contributed by atoms with E-state index in [1.165, 1.54) is 6.07 Å². The van der Waals surface area contributed by atoms with Gasteiger partial charge in [-0.2, -0.15) is 0 Å². The SMILES string of the molecule is CNC(Cc1ccccc1Cl)c1cc(Br)ccc1F. The zero-order valence-corrected chi connectivity index (χ0v) is 12.8. The highest BCUT2D eigenvalue weighted by Crippen LogP contribution is 2.26. The van der Waals surface area contributed by atoms with E-state index in [9.17, 15) is 4.39 Å². The first-order valence-corrected chi connectivity index (χ1v) is 7.14. The van der Waals surface area contributed by atoms with Gasteiger partial charge >= 0.3 is 0 Å². The normalized spacial score (nSPS) is 12.4. The largest absolute Gasteiger partial charge is 0.313 e. The molecule has 0 saturated carbocycles. The molecule has 0 spiro atoms. The summed E-state index contributed by atoms with van der Waals surface area (Å²) in [6.07, 6.45) is 0.642. The Hall–Kier alpha value is -0.900. The molecule has 2 aromatic rings. The molecule has 0 bridgehead atoms. The van der Waals surface area contributed by atoms with Gasteiger partial charge in [-0.1, -0.05) is 45.7 Å². The lowest BCUT2D eigenvalue weighted by atomic mass is 9.98. The molecule has 19 heavy (non-hydrogen) atoms. The molecular weight excluding hydrogens is 329 g/mol. The molecule has 0 heterocycles. The zero-order chi connectivity index (χ0) is 13.8. The third-order valence-corrected chi connectivity index (χ3v) is 3.93. The highest BCUT2D eigenvalue weighted by atomic mass is 79.9. The van der Waals surface area contributed by atoms with E-state index in [1.54, 1.807) is 12.1 Å². The quantitative estimate of drug-likeness (QED) is 0.846. The predicted molar refractivity (Wildman–Crippen MR) is 81.1 cm³/mol. The Morgan fingerprint density at radius 3 is 2.68 bits per heavy atom. The van der Waals surface area contributed by atoms with Crippen LogP contribution in [0.15, 0.2) is 46.9 Å². The first-order chi connectivity index (χ1) is 9.11. The van der Waals surface area contributed by atoms with Gasteiger partial charge in [0, 0.05) is 21.1 Å². The number of nitrogens with one attached hydrogen (secondary N) is 1. The molecule has 0 radical (unpaired) electrons. The van der Waals surface area contributed by atoms with Crippen LogP contribution in [0.2, 0.25) is 5.02 Å². The molecule has 0 fully saturated rings. The Balaban J connectivity index is 2.30. The van der Waals surface area contributed by atoms with Gasteiger partial charge in [-0.05, 0) is 43.3 Å². The minimum Gasteiger partial charge on any atom is -0.313 e. The van der Waals surface area contributed by atoms with Crippen molar-refractivity contribution in [3.63, 3.8) is 0 Å². The van der Waals surface area contributed by atoms with Crippen molar-refractivity contribution >= 4 is 27.5 Å². The van der Waals surface area contributed by atoms with E-state index in [0.29, 0.717) is 17.0 Å². The second-order valence-electron chi connectivity index (χ2n) is 4.30. The Kier molecular flexibility index (Phi) is 4.97. The van der Waals surface area contributed by atoms with Crippen LogP contribution in [0.4, 0.5) is 4.39 Å². The lowest BCUT2D eigenvalue weighted by molar-refractivity contribution is 0.533. The second-order valence-corrected chi connectivity index (χ2v) is 5.63. The van der Waals surface area contributed by atoms with Crippen molar-refractivity contribution < 1.29 is 4.39 Å². The Morgan fingerprint density at radius 2 is 2.00 bits per heavy atom. The van der Waals surface area contributed by atoms with Crippen molar-refractivity contribution in [3.8, 4) is 0 Å². The van der Waals surface area contributed by atoms with Crippen molar-refractivity contribution in [2.75, 3.05) is 7.05 Å². The Morgan fingerprint density at radius 1 is 1.26 bits per heavy atom. The van der Waals surface area contributed by atoms with Gasteiger partial charge in [0.1, 0.15) is 5.82 Å². The lowest BCUT2D eigenvalue weighted by Crippen LogP contribution is -2.20. The minimum atomic E-state index is -0.213. The first-order valence-electron chi connectivity index (χ1n) is 5.97. The van der Waals surface area contributed by atoms with Gasteiger partial charge < -0.3 is 5.32 Å². The molecule has 0 saturated heterocycles. The number of halogens is 3. The number of benzene rings is 2. The van der Waals surface area contributed by atoms with Crippen LogP contribution < -0.4 is 5.32 Å². The molecule has 1 atom stereocenters. The minimum absolute atomic E-state index is 0.114. The summed E-state index contributed by atoms with van der Waals surface area (Å²) in [5, 5.41) is 3.85. The van der Waals surface area contributed by atoms with Gasteiger partial charge in [-0.15, -0.1) is 0 Å². The molecule has 0 aliphatic heterocycles. The van der Waals surface area contributed by atoms with E-state index in [-0.39, 0.29) is 11.9 Å². The Bertz CT molecular complexity index is 574. The molecule has 1 nitrogen and oxygen atoms in total. The maximum Gasteiger partial charge on any atom is 0.128 e. The van der Waals surface area contributed by atoms with E-state index >= 15 is 0 Å². The fourth-order valence-electron chi connectivity index (χ4n) is 2.03. The molecule has 0 amide bonds. The molecule has 1 N–H and O–H groups in total. The molecule has 4 heteroatoms. The lowest BCUT2D eigenvalue weighted by Gasteiger charge is -2.18. The summed E-state index contributed by atoms with van der Waals surface area (Å²) in [7, 11) is 1.82. The maximum absolute atomic E-state index is 13.9. The molecule has 1 unspecified atom stereocenters. The third-order valence-electron chi connectivity index (χ3n) is 3.06. The average molecular weight is 343 g/mol. The van der Waals surface area contributed by atoms with Crippen molar-refractivity contribution in [2.24, 2.45) is 0 Å². The van der Waals surface area contributed by atoms with Gasteiger partial charge in [0.25, 0.3) is 0 Å². The maximum atomic E-state index is 13.9. The molecule has 2 aromatic carbocycles. The van der Waals surface area contributed by atoms with Crippen LogP contribution in [0, 0.1) is 5.82 Å². The fraction of sp³-hybridized carbons (Fsp3) is 0.200. The third kappa shape index (κ3) is 3.56. The molecule has 0 aliphatic carbocycles. The summed E-state index contributed by atoms with van der Waals surface area (Å²) >= 11 is 9.53. The van der Waals surface area contributed by atoms with Crippen molar-refractivity contribution in [2.45, 2.75) is 12.5 Å². The van der Waals surface area contributed by atoms with Crippen molar-refractivity contribution in [3.05, 3.63) is 68.9 Å². The molecule has 0 aromatic heterocycles. The van der Waals surface area contributed by atoms with Crippen LogP contribution in [0.5, 0.6) is 0 Å². The van der Waals surface area contributed by atoms with E-state index in [0.717, 1.165) is 10.0 Å². The first kappa shape index (κ1) is 14.5. The number of hydrogen-bond acceptors (Lipinski definition) is 1. The van der Waals surface area contributed by atoms with Crippen LogP contribution in [0.3, 0.4) is 0 Å². The fourth-order valence-corrected chi connectivity index (χ4v) is 2.62. The average Bonchev–Trinajstić information content (AvgIpc) is 2.41. The van der Waals surface area contributed by atoms with E-state index < -0.39 is 0 Å². The highest BCUT2D eigenvalue weighted by molar-refractivity contribution is 9.10. The van der Waals surface area contributed by atoms with Gasteiger partial charge in [0.15, 0.2) is 0 Å². The van der Waals surface area contributed by atoms with Gasteiger partial charge in [-0.25, -0.2) is 4.39 Å².